The van der Waals surface area contributed by atoms with Crippen LogP contribution in [0.2, 0.25) is 39.3 Å². The maximum Gasteiger partial charge on any atom is 0.262 e. The average molecular weight is 632 g/mol. The molecular formula is C34H57NO2S2Si2. The molecule has 0 aromatic carbocycles. The van der Waals surface area contributed by atoms with E-state index in [0.717, 1.165) is 71.5 Å². The fraction of sp³-hybridized carbons (Fsp3) is 0.706. The van der Waals surface area contributed by atoms with Crippen LogP contribution in [0.15, 0.2) is 9.59 Å². The molecule has 0 radical (unpaired) electrons. The first kappa shape index (κ1) is 34.5. The molecule has 3 aromatic rings. The van der Waals surface area contributed by atoms with Crippen molar-refractivity contribution in [3.63, 3.8) is 0 Å². The summed E-state index contributed by atoms with van der Waals surface area (Å²) < 4.78 is 6.90. The molecule has 0 saturated heterocycles. The van der Waals surface area contributed by atoms with Crippen molar-refractivity contribution >= 4 is 68.0 Å². The lowest BCUT2D eigenvalue weighted by Gasteiger charge is -2.17. The fourth-order valence-corrected chi connectivity index (χ4v) is 13.8. The zero-order chi connectivity index (χ0) is 30.4. The Morgan fingerprint density at radius 3 is 1.24 bits per heavy atom. The third kappa shape index (κ3) is 8.13. The van der Waals surface area contributed by atoms with Gasteiger partial charge >= 0.3 is 0 Å². The molecule has 3 heterocycles. The van der Waals surface area contributed by atoms with Crippen LogP contribution in [0, 0.1) is 0 Å². The van der Waals surface area contributed by atoms with Gasteiger partial charge in [-0.05, 0) is 52.2 Å². The van der Waals surface area contributed by atoms with Crippen molar-refractivity contribution in [2.45, 2.75) is 156 Å². The summed E-state index contributed by atoms with van der Waals surface area (Å²) in [5.74, 6) is 0. The summed E-state index contributed by atoms with van der Waals surface area (Å²) in [6, 6.07) is 0. The third-order valence-corrected chi connectivity index (χ3v) is 18.2. The summed E-state index contributed by atoms with van der Waals surface area (Å²) in [4.78, 5) is 29.1. The fourth-order valence-electron chi connectivity index (χ4n) is 6.11. The van der Waals surface area contributed by atoms with Gasteiger partial charge in [-0.2, -0.15) is 0 Å². The summed E-state index contributed by atoms with van der Waals surface area (Å²) in [6.07, 6.45) is 15.7. The zero-order valence-electron chi connectivity index (χ0n) is 27.7. The smallest absolute Gasteiger partial charge is 0.262 e. The second kappa shape index (κ2) is 15.1. The van der Waals surface area contributed by atoms with Gasteiger partial charge < -0.3 is 0 Å². The first-order chi connectivity index (χ1) is 19.4. The van der Waals surface area contributed by atoms with Crippen LogP contribution in [0.1, 0.15) is 109 Å². The highest BCUT2D eigenvalue weighted by atomic mass is 32.1. The molecule has 0 aliphatic rings. The van der Waals surface area contributed by atoms with Gasteiger partial charge in [-0.15, -0.1) is 22.7 Å². The van der Waals surface area contributed by atoms with Crippen LogP contribution in [0.3, 0.4) is 0 Å². The minimum absolute atomic E-state index is 0.0115. The molecule has 0 atom stereocenters. The molecule has 0 N–H and O–H groups in total. The van der Waals surface area contributed by atoms with Crippen molar-refractivity contribution in [1.29, 1.82) is 0 Å². The molecule has 7 heteroatoms. The highest BCUT2D eigenvalue weighted by Crippen LogP contribution is 2.36. The second-order valence-electron chi connectivity index (χ2n) is 14.2. The van der Waals surface area contributed by atoms with Crippen molar-refractivity contribution in [3.8, 4) is 0 Å². The van der Waals surface area contributed by atoms with Crippen molar-refractivity contribution in [1.82, 2.24) is 4.57 Å². The van der Waals surface area contributed by atoms with E-state index in [1.807, 2.05) is 22.7 Å². The Hall–Kier alpha value is -1.03. The van der Waals surface area contributed by atoms with Gasteiger partial charge in [0.1, 0.15) is 0 Å². The largest absolute Gasteiger partial charge is 0.274 e. The number of hydrogen-bond donors (Lipinski definition) is 0. The SMILES string of the molecule is CCCCCCc1c([Si](C)(C)C)sc2c1c(=O)n(CCCCCC)c(=O)c1c(CCCCCC)c([Si](C)(C)C)sc12. The summed E-state index contributed by atoms with van der Waals surface area (Å²) in [5.41, 5.74) is 2.55. The first-order valence-corrected chi connectivity index (χ1v) is 25.2. The van der Waals surface area contributed by atoms with E-state index in [1.165, 1.54) is 58.7 Å². The van der Waals surface area contributed by atoms with Crippen molar-refractivity contribution in [2.24, 2.45) is 0 Å². The van der Waals surface area contributed by atoms with E-state index in [2.05, 4.69) is 60.1 Å². The Balaban J connectivity index is 2.46. The van der Waals surface area contributed by atoms with Gasteiger partial charge in [0, 0.05) is 6.54 Å². The molecule has 0 aliphatic heterocycles. The molecule has 0 bridgehead atoms. The van der Waals surface area contributed by atoms with E-state index >= 15 is 0 Å². The predicted octanol–water partition coefficient (Wildman–Crippen LogP) is 9.55. The minimum Gasteiger partial charge on any atom is -0.274 e. The van der Waals surface area contributed by atoms with Gasteiger partial charge in [0.2, 0.25) is 0 Å². The summed E-state index contributed by atoms with van der Waals surface area (Å²) in [6.45, 7) is 21.8. The molecular weight excluding hydrogens is 575 g/mol. The Labute approximate surface area is 259 Å². The predicted molar refractivity (Wildman–Crippen MR) is 194 cm³/mol. The number of hydrogen-bond acceptors (Lipinski definition) is 4. The van der Waals surface area contributed by atoms with Gasteiger partial charge in [-0.25, -0.2) is 0 Å². The van der Waals surface area contributed by atoms with Crippen LogP contribution in [-0.2, 0) is 19.4 Å². The first-order valence-electron chi connectivity index (χ1n) is 16.6. The van der Waals surface area contributed by atoms with Crippen LogP contribution in [0.25, 0.3) is 20.2 Å². The summed E-state index contributed by atoms with van der Waals surface area (Å²) >= 11 is 3.76. The number of rotatable bonds is 17. The molecule has 0 fully saturated rings. The van der Waals surface area contributed by atoms with Gasteiger partial charge in [-0.1, -0.05) is 118 Å². The molecule has 3 rings (SSSR count). The van der Waals surface area contributed by atoms with E-state index in [9.17, 15) is 9.59 Å². The van der Waals surface area contributed by atoms with Crippen LogP contribution in [0.4, 0.5) is 0 Å². The van der Waals surface area contributed by atoms with Crippen LogP contribution < -0.4 is 20.1 Å². The number of aromatic nitrogens is 1. The number of fused-ring (bicyclic) bond motifs is 3. The summed E-state index contributed by atoms with van der Waals surface area (Å²) in [5, 5.41) is 1.79. The summed E-state index contributed by atoms with van der Waals surface area (Å²) in [7, 11) is -3.40. The Kier molecular flexibility index (Phi) is 12.7. The van der Waals surface area contributed by atoms with Crippen molar-refractivity contribution < 1.29 is 0 Å². The Morgan fingerprint density at radius 2 is 0.902 bits per heavy atom. The Bertz CT molecular complexity index is 1320. The van der Waals surface area contributed by atoms with Crippen LogP contribution >= 0.6 is 22.7 Å². The highest BCUT2D eigenvalue weighted by molar-refractivity contribution is 7.38. The molecule has 0 amide bonds. The Morgan fingerprint density at radius 1 is 0.537 bits per heavy atom. The molecule has 0 spiro atoms. The number of unbranched alkanes of at least 4 members (excludes halogenated alkanes) is 9. The molecule has 0 saturated carbocycles. The topological polar surface area (TPSA) is 39.1 Å². The number of aryl methyl sites for hydroxylation is 2. The molecule has 3 aromatic heterocycles. The van der Waals surface area contributed by atoms with Gasteiger partial charge in [-0.3, -0.25) is 14.2 Å². The number of nitrogens with zero attached hydrogens (tertiary/aromatic N) is 1. The molecule has 0 aliphatic carbocycles. The van der Waals surface area contributed by atoms with Crippen molar-refractivity contribution in [2.75, 3.05) is 0 Å². The molecule has 230 valence electrons. The minimum atomic E-state index is -1.70. The van der Waals surface area contributed by atoms with E-state index < -0.39 is 16.1 Å². The molecule has 3 nitrogen and oxygen atoms in total. The average Bonchev–Trinajstić information content (AvgIpc) is 3.45. The lowest BCUT2D eigenvalue weighted by Crippen LogP contribution is -2.39. The van der Waals surface area contributed by atoms with E-state index in [1.54, 1.807) is 4.57 Å². The van der Waals surface area contributed by atoms with E-state index in [4.69, 9.17) is 0 Å². The van der Waals surface area contributed by atoms with Gasteiger partial charge in [0.25, 0.3) is 11.1 Å². The van der Waals surface area contributed by atoms with E-state index in [0.29, 0.717) is 6.54 Å². The normalized spacial score (nSPS) is 12.7. The lowest BCUT2D eigenvalue weighted by atomic mass is 10.1. The van der Waals surface area contributed by atoms with Crippen LogP contribution in [0.5, 0.6) is 0 Å². The van der Waals surface area contributed by atoms with Gasteiger partial charge in [0.05, 0.1) is 36.3 Å². The van der Waals surface area contributed by atoms with E-state index in [-0.39, 0.29) is 11.1 Å². The zero-order valence-corrected chi connectivity index (χ0v) is 31.3. The molecule has 0 unspecified atom stereocenters. The highest BCUT2D eigenvalue weighted by Gasteiger charge is 2.31. The standard InChI is InChI=1S/C34H57NO2S2Si2/c1-10-13-16-19-22-25-27-29(38-33(25)40(4,5)6)30-28(32(37)35(31(27)36)24-21-18-15-12-3)26(23-20-17-14-11-2)34(39-30)41(7,8)9/h10-24H2,1-9H3. The van der Waals surface area contributed by atoms with Crippen molar-refractivity contribution in [3.05, 3.63) is 31.8 Å². The molecule has 41 heavy (non-hydrogen) atoms. The lowest BCUT2D eigenvalue weighted by molar-refractivity contribution is 0.565. The monoisotopic (exact) mass is 631 g/mol. The third-order valence-electron chi connectivity index (χ3n) is 8.30. The number of thiophene rings is 2. The van der Waals surface area contributed by atoms with Crippen LogP contribution in [-0.4, -0.2) is 20.7 Å². The van der Waals surface area contributed by atoms with Gasteiger partial charge in [0.15, 0.2) is 0 Å². The maximum absolute atomic E-state index is 14.6. The quantitative estimate of drug-likeness (QED) is 0.110. The second-order valence-corrected chi connectivity index (χ2v) is 26.9. The maximum atomic E-state index is 14.6.